The summed E-state index contributed by atoms with van der Waals surface area (Å²) >= 11 is 0. The van der Waals surface area contributed by atoms with Gasteiger partial charge in [0, 0.05) is 33.9 Å². The van der Waals surface area contributed by atoms with E-state index in [0.717, 1.165) is 45.4 Å². The predicted molar refractivity (Wildman–Crippen MR) is 297 cm³/mol. The van der Waals surface area contributed by atoms with Crippen LogP contribution in [0.15, 0.2) is 241 Å². The molecule has 10 aromatic carbocycles. The van der Waals surface area contributed by atoms with E-state index in [1.807, 2.05) is 6.07 Å². The Kier molecular flexibility index (Phi) is 9.94. The van der Waals surface area contributed by atoms with Gasteiger partial charge in [-0.15, -0.1) is 0 Å². The quantitative estimate of drug-likeness (QED) is 0.151. The van der Waals surface area contributed by atoms with Gasteiger partial charge in [-0.25, -0.2) is 0 Å². The Hall–Kier alpha value is -8.20. The average molecular weight is 914 g/mol. The molecular formula is C69H55NO. The number of nitrogens with zero attached hydrogens (tertiary/aromatic N) is 1. The first-order valence-corrected chi connectivity index (χ1v) is 25.2. The van der Waals surface area contributed by atoms with E-state index < -0.39 is 5.41 Å². The van der Waals surface area contributed by atoms with E-state index in [1.54, 1.807) is 0 Å². The molecule has 0 spiro atoms. The molecule has 0 fully saturated rings. The highest BCUT2D eigenvalue weighted by atomic mass is 16.3. The largest absolute Gasteiger partial charge is 0.456 e. The highest BCUT2D eigenvalue weighted by Crippen LogP contribution is 2.58. The zero-order chi connectivity index (χ0) is 47.9. The van der Waals surface area contributed by atoms with Gasteiger partial charge in [-0.3, -0.25) is 0 Å². The first-order chi connectivity index (χ1) is 34.7. The first-order valence-electron chi connectivity index (χ1n) is 25.2. The molecule has 342 valence electrons. The van der Waals surface area contributed by atoms with Gasteiger partial charge in [-0.2, -0.15) is 0 Å². The number of hydrogen-bond acceptors (Lipinski definition) is 2. The van der Waals surface area contributed by atoms with Gasteiger partial charge in [0.05, 0.1) is 5.41 Å². The maximum Gasteiger partial charge on any atom is 0.137 e. The highest BCUT2D eigenvalue weighted by Gasteiger charge is 2.47. The van der Waals surface area contributed by atoms with Gasteiger partial charge in [0.25, 0.3) is 0 Å². The van der Waals surface area contributed by atoms with E-state index in [9.17, 15) is 0 Å². The summed E-state index contributed by atoms with van der Waals surface area (Å²) in [6.45, 7) is 9.71. The lowest BCUT2D eigenvalue weighted by molar-refractivity contribution is 0.332. The fraction of sp³-hybridized carbons (Fsp3) is 0.130. The lowest BCUT2D eigenvalue weighted by Crippen LogP contribution is -2.33. The minimum atomic E-state index is -0.526. The van der Waals surface area contributed by atoms with Crippen LogP contribution in [0.1, 0.15) is 73.9 Å². The van der Waals surface area contributed by atoms with Crippen molar-refractivity contribution >= 4 is 39.0 Å². The van der Waals surface area contributed by atoms with E-state index in [4.69, 9.17) is 4.42 Å². The Balaban J connectivity index is 1.02. The summed E-state index contributed by atoms with van der Waals surface area (Å²) in [5.74, 6) is 0. The minimum absolute atomic E-state index is 0.0654. The lowest BCUT2D eigenvalue weighted by atomic mass is 9.62. The molecule has 0 unspecified atom stereocenters. The SMILES string of the molecule is CC1(C)CCC(C)(C)c2cc(-c3cc4c(cc3-c3ccc(N(c5ccc(-c6ccccc6)cc5)c5ccc6c(c5)oc5ccccc56)cc3)C(c3ccccc3)(c3ccccc3)c3ccccc3-4)ccc21. The first kappa shape index (κ1) is 42.9. The van der Waals surface area contributed by atoms with Crippen molar-refractivity contribution < 1.29 is 4.42 Å². The van der Waals surface area contributed by atoms with Crippen molar-refractivity contribution in [2.45, 2.75) is 56.8 Å². The number of anilines is 3. The molecule has 2 heteroatoms. The number of benzene rings is 10. The topological polar surface area (TPSA) is 16.4 Å². The zero-order valence-corrected chi connectivity index (χ0v) is 40.8. The molecule has 1 aromatic heterocycles. The minimum Gasteiger partial charge on any atom is -0.456 e. The van der Waals surface area contributed by atoms with E-state index >= 15 is 0 Å². The third-order valence-electron chi connectivity index (χ3n) is 16.1. The number of para-hydroxylation sites is 1. The van der Waals surface area contributed by atoms with Crippen molar-refractivity contribution in [3.05, 3.63) is 270 Å². The van der Waals surface area contributed by atoms with E-state index in [-0.39, 0.29) is 10.8 Å². The van der Waals surface area contributed by atoms with Crippen LogP contribution in [-0.4, -0.2) is 0 Å². The standard InChI is InChI=1S/C69H55NO/c1-67(2)40-41-68(3,4)64-42-49(32-39-62(64)67)58-44-60-55-24-14-16-26-61(55)69(50-20-10-6-11-21-50,51-22-12-7-13-23-51)63(60)45-59(58)48-30-35-53(36-31-48)70(52-33-28-47(29-34-52)46-18-8-5-9-19-46)54-37-38-57-56-25-15-17-27-65(56)71-66(57)43-54/h5-39,42-45H,40-41H2,1-4H3. The fourth-order valence-electron chi connectivity index (χ4n) is 12.2. The molecule has 2 aliphatic rings. The maximum absolute atomic E-state index is 6.50. The van der Waals surface area contributed by atoms with Crippen LogP contribution >= 0.6 is 0 Å². The summed E-state index contributed by atoms with van der Waals surface area (Å²) in [6, 6.07) is 87.6. The smallest absolute Gasteiger partial charge is 0.137 e. The molecule has 2 aliphatic carbocycles. The summed E-state index contributed by atoms with van der Waals surface area (Å²) in [5.41, 5.74) is 22.5. The molecule has 0 amide bonds. The van der Waals surface area contributed by atoms with Gasteiger partial charge < -0.3 is 9.32 Å². The van der Waals surface area contributed by atoms with Gasteiger partial charge in [0.15, 0.2) is 0 Å². The Labute approximate surface area is 417 Å². The summed E-state index contributed by atoms with van der Waals surface area (Å²) in [5, 5.41) is 2.24. The molecule has 13 rings (SSSR count). The second-order valence-corrected chi connectivity index (χ2v) is 21.1. The van der Waals surface area contributed by atoms with Gasteiger partial charge in [-0.05, 0) is 156 Å². The molecule has 71 heavy (non-hydrogen) atoms. The molecule has 11 aromatic rings. The number of rotatable bonds is 8. The summed E-state index contributed by atoms with van der Waals surface area (Å²) < 4.78 is 6.50. The molecule has 0 atom stereocenters. The van der Waals surface area contributed by atoms with E-state index in [2.05, 4.69) is 263 Å². The fourth-order valence-corrected chi connectivity index (χ4v) is 12.2. The van der Waals surface area contributed by atoms with Crippen molar-refractivity contribution in [2.75, 3.05) is 4.90 Å². The summed E-state index contributed by atoms with van der Waals surface area (Å²) in [4.78, 5) is 2.36. The number of hydrogen-bond donors (Lipinski definition) is 0. The van der Waals surface area contributed by atoms with Crippen LogP contribution in [0.25, 0.3) is 66.4 Å². The predicted octanol–water partition coefficient (Wildman–Crippen LogP) is 18.8. The third-order valence-corrected chi connectivity index (χ3v) is 16.1. The van der Waals surface area contributed by atoms with Crippen LogP contribution in [0.5, 0.6) is 0 Å². The van der Waals surface area contributed by atoms with Crippen molar-refractivity contribution in [3.63, 3.8) is 0 Å². The summed E-state index contributed by atoms with van der Waals surface area (Å²) in [7, 11) is 0. The number of fused-ring (bicyclic) bond motifs is 7. The summed E-state index contributed by atoms with van der Waals surface area (Å²) in [6.07, 6.45) is 2.34. The molecule has 0 saturated heterocycles. The van der Waals surface area contributed by atoms with E-state index in [0.29, 0.717) is 0 Å². The molecule has 0 saturated carbocycles. The molecule has 0 radical (unpaired) electrons. The van der Waals surface area contributed by atoms with Crippen LogP contribution in [0.4, 0.5) is 17.1 Å². The van der Waals surface area contributed by atoms with Crippen molar-refractivity contribution in [1.82, 2.24) is 0 Å². The Morgan fingerprint density at radius 2 is 0.845 bits per heavy atom. The average Bonchev–Trinajstić information content (AvgIpc) is 3.94. The van der Waals surface area contributed by atoms with E-state index in [1.165, 1.54) is 84.3 Å². The Morgan fingerprint density at radius 3 is 1.54 bits per heavy atom. The van der Waals surface area contributed by atoms with Crippen LogP contribution in [0.2, 0.25) is 0 Å². The molecule has 0 N–H and O–H groups in total. The van der Waals surface area contributed by atoms with Gasteiger partial charge in [0.1, 0.15) is 11.2 Å². The zero-order valence-electron chi connectivity index (χ0n) is 40.8. The second kappa shape index (κ2) is 16.5. The maximum atomic E-state index is 6.50. The van der Waals surface area contributed by atoms with Gasteiger partial charge >= 0.3 is 0 Å². The van der Waals surface area contributed by atoms with Crippen molar-refractivity contribution in [1.29, 1.82) is 0 Å². The Morgan fingerprint density at radius 1 is 0.324 bits per heavy atom. The molecule has 1 heterocycles. The van der Waals surface area contributed by atoms with Crippen molar-refractivity contribution in [2.24, 2.45) is 0 Å². The van der Waals surface area contributed by atoms with Crippen LogP contribution in [0.3, 0.4) is 0 Å². The van der Waals surface area contributed by atoms with Crippen LogP contribution in [-0.2, 0) is 16.2 Å². The van der Waals surface area contributed by atoms with Crippen molar-refractivity contribution in [3.8, 4) is 44.5 Å². The lowest BCUT2D eigenvalue weighted by Gasteiger charge is -2.42. The molecule has 0 aliphatic heterocycles. The van der Waals surface area contributed by atoms with Crippen LogP contribution in [0, 0.1) is 0 Å². The Bertz CT molecular complexity index is 3750. The molecular weight excluding hydrogens is 859 g/mol. The molecule has 2 nitrogen and oxygen atoms in total. The molecule has 0 bridgehead atoms. The monoisotopic (exact) mass is 913 g/mol. The highest BCUT2D eigenvalue weighted by molar-refractivity contribution is 6.06. The number of furan rings is 1. The second-order valence-electron chi connectivity index (χ2n) is 21.1. The normalized spacial score (nSPS) is 15.0. The van der Waals surface area contributed by atoms with Crippen LogP contribution < -0.4 is 4.90 Å². The van der Waals surface area contributed by atoms with Gasteiger partial charge in [-0.1, -0.05) is 204 Å². The van der Waals surface area contributed by atoms with Gasteiger partial charge in [0.2, 0.25) is 0 Å². The third kappa shape index (κ3) is 6.91.